The molecule has 1 saturated heterocycles. The van der Waals surface area contributed by atoms with Crippen LogP contribution in [0.25, 0.3) is 0 Å². The Kier molecular flexibility index (Phi) is 10.1. The van der Waals surface area contributed by atoms with Gasteiger partial charge in [0.15, 0.2) is 5.96 Å². The van der Waals surface area contributed by atoms with Crippen molar-refractivity contribution < 1.29 is 0 Å². The molecule has 2 heterocycles. The Hall–Kier alpha value is -1.63. The normalized spacial score (nSPS) is 16.5. The minimum absolute atomic E-state index is 0.826. The summed E-state index contributed by atoms with van der Waals surface area (Å²) in [5.41, 5.74) is 0. The molecule has 0 amide bonds. The van der Waals surface area contributed by atoms with E-state index in [9.17, 15) is 0 Å². The van der Waals surface area contributed by atoms with E-state index in [0.717, 1.165) is 57.2 Å². The zero-order valence-corrected chi connectivity index (χ0v) is 16.7. The Bertz CT molecular complexity index is 504. The van der Waals surface area contributed by atoms with Gasteiger partial charge >= 0.3 is 0 Å². The van der Waals surface area contributed by atoms with Gasteiger partial charge in [-0.15, -0.1) is 10.2 Å². The van der Waals surface area contributed by atoms with E-state index >= 15 is 0 Å². The van der Waals surface area contributed by atoms with Crippen LogP contribution in [0, 0.1) is 0 Å². The Morgan fingerprint density at radius 1 is 1.08 bits per heavy atom. The highest BCUT2D eigenvalue weighted by Gasteiger charge is 2.08. The quantitative estimate of drug-likeness (QED) is 0.378. The zero-order chi connectivity index (χ0) is 18.5. The second kappa shape index (κ2) is 12.7. The van der Waals surface area contributed by atoms with Gasteiger partial charge in [-0.2, -0.15) is 0 Å². The molecule has 2 rings (SSSR count). The molecule has 0 bridgehead atoms. The van der Waals surface area contributed by atoms with Crippen molar-refractivity contribution in [2.45, 2.75) is 65.3 Å². The maximum atomic E-state index is 4.64. The third-order valence-electron chi connectivity index (χ3n) is 4.79. The number of aliphatic imine (C=N–C) groups is 1. The summed E-state index contributed by atoms with van der Waals surface area (Å²) in [6.07, 6.45) is 10.5. The van der Waals surface area contributed by atoms with Crippen LogP contribution in [-0.4, -0.2) is 64.9 Å². The van der Waals surface area contributed by atoms with Gasteiger partial charge in [0, 0.05) is 32.6 Å². The maximum absolute atomic E-state index is 4.64. The van der Waals surface area contributed by atoms with Gasteiger partial charge in [0.25, 0.3) is 0 Å². The molecule has 1 fully saturated rings. The van der Waals surface area contributed by atoms with E-state index in [4.69, 9.17) is 0 Å². The summed E-state index contributed by atoms with van der Waals surface area (Å²) in [5.74, 6) is 1.96. The Morgan fingerprint density at radius 2 is 1.85 bits per heavy atom. The first-order valence-corrected chi connectivity index (χ1v) is 10.4. The minimum atomic E-state index is 0.826. The minimum Gasteiger partial charge on any atom is -0.356 e. The first-order valence-electron chi connectivity index (χ1n) is 10.4. The summed E-state index contributed by atoms with van der Waals surface area (Å²) >= 11 is 0. The van der Waals surface area contributed by atoms with Crippen molar-refractivity contribution in [3.63, 3.8) is 0 Å². The summed E-state index contributed by atoms with van der Waals surface area (Å²) in [4.78, 5) is 7.26. The van der Waals surface area contributed by atoms with E-state index in [0.29, 0.717) is 0 Å². The van der Waals surface area contributed by atoms with Crippen LogP contribution in [0.3, 0.4) is 0 Å². The van der Waals surface area contributed by atoms with Crippen LogP contribution in [0.5, 0.6) is 0 Å². The number of aryl methyl sites for hydroxylation is 1. The third kappa shape index (κ3) is 7.72. The molecule has 1 aliphatic heterocycles. The lowest BCUT2D eigenvalue weighted by atomic mass is 10.2. The lowest BCUT2D eigenvalue weighted by Crippen LogP contribution is -2.40. The van der Waals surface area contributed by atoms with Crippen LogP contribution in [-0.2, 0) is 13.0 Å². The van der Waals surface area contributed by atoms with Crippen LogP contribution in [0.1, 0.15) is 58.2 Å². The molecule has 0 unspecified atom stereocenters. The van der Waals surface area contributed by atoms with Gasteiger partial charge in [0.05, 0.1) is 0 Å². The fraction of sp³-hybridized carbons (Fsp3) is 0.842. The molecule has 148 valence electrons. The van der Waals surface area contributed by atoms with Gasteiger partial charge in [-0.3, -0.25) is 4.99 Å². The van der Waals surface area contributed by atoms with Gasteiger partial charge in [0.1, 0.15) is 12.2 Å². The molecule has 0 spiro atoms. The number of likely N-dealkylation sites (tertiary alicyclic amines) is 1. The molecule has 1 aromatic rings. The highest BCUT2D eigenvalue weighted by molar-refractivity contribution is 5.79. The van der Waals surface area contributed by atoms with Crippen molar-refractivity contribution in [2.24, 2.45) is 4.99 Å². The molecule has 0 aliphatic carbocycles. The SMILES string of the molecule is CCCN=C(NCCCN1CCCCCC1)NCCn1cnnc1CC. The number of nitrogens with one attached hydrogen (secondary N) is 2. The lowest BCUT2D eigenvalue weighted by molar-refractivity contribution is 0.282. The maximum Gasteiger partial charge on any atom is 0.191 e. The summed E-state index contributed by atoms with van der Waals surface area (Å²) in [6.45, 7) is 11.5. The van der Waals surface area contributed by atoms with Crippen molar-refractivity contribution in [1.82, 2.24) is 30.3 Å². The first-order chi connectivity index (χ1) is 12.8. The molecule has 7 heteroatoms. The van der Waals surface area contributed by atoms with Crippen LogP contribution in [0.4, 0.5) is 0 Å². The molecular weight excluding hydrogens is 326 g/mol. The highest BCUT2D eigenvalue weighted by atomic mass is 15.3. The van der Waals surface area contributed by atoms with Gasteiger partial charge in [-0.05, 0) is 45.3 Å². The molecule has 2 N–H and O–H groups in total. The lowest BCUT2D eigenvalue weighted by Gasteiger charge is -2.20. The molecule has 0 atom stereocenters. The average molecular weight is 364 g/mol. The number of rotatable bonds is 10. The van der Waals surface area contributed by atoms with E-state index in [-0.39, 0.29) is 0 Å². The fourth-order valence-corrected chi connectivity index (χ4v) is 3.30. The predicted octanol–water partition coefficient (Wildman–Crippen LogP) is 2.05. The van der Waals surface area contributed by atoms with Crippen LogP contribution in [0.2, 0.25) is 0 Å². The first kappa shape index (κ1) is 20.7. The molecule has 7 nitrogen and oxygen atoms in total. The van der Waals surface area contributed by atoms with Crippen molar-refractivity contribution in [2.75, 3.05) is 39.3 Å². The van der Waals surface area contributed by atoms with Crippen LogP contribution >= 0.6 is 0 Å². The second-order valence-corrected chi connectivity index (χ2v) is 6.99. The third-order valence-corrected chi connectivity index (χ3v) is 4.79. The molecule has 1 aliphatic rings. The summed E-state index contributed by atoms with van der Waals surface area (Å²) in [6, 6.07) is 0. The number of guanidine groups is 1. The Balaban J connectivity index is 1.67. The van der Waals surface area contributed by atoms with E-state index in [1.165, 1.54) is 45.3 Å². The smallest absolute Gasteiger partial charge is 0.191 e. The second-order valence-electron chi connectivity index (χ2n) is 6.99. The molecule has 0 aromatic carbocycles. The molecular formula is C19H37N7. The molecule has 26 heavy (non-hydrogen) atoms. The van der Waals surface area contributed by atoms with Crippen LogP contribution in [0.15, 0.2) is 11.3 Å². The van der Waals surface area contributed by atoms with E-state index in [2.05, 4.69) is 49.1 Å². The van der Waals surface area contributed by atoms with Crippen molar-refractivity contribution in [3.05, 3.63) is 12.2 Å². The largest absolute Gasteiger partial charge is 0.356 e. The van der Waals surface area contributed by atoms with Gasteiger partial charge in [0.2, 0.25) is 0 Å². The van der Waals surface area contributed by atoms with Gasteiger partial charge < -0.3 is 20.1 Å². The van der Waals surface area contributed by atoms with Crippen molar-refractivity contribution in [1.29, 1.82) is 0 Å². The Morgan fingerprint density at radius 3 is 2.58 bits per heavy atom. The molecule has 0 radical (unpaired) electrons. The number of hydrogen-bond donors (Lipinski definition) is 2. The fourth-order valence-electron chi connectivity index (χ4n) is 3.30. The Labute approximate surface area is 158 Å². The van der Waals surface area contributed by atoms with Crippen molar-refractivity contribution >= 4 is 5.96 Å². The number of nitrogens with zero attached hydrogens (tertiary/aromatic N) is 5. The highest BCUT2D eigenvalue weighted by Crippen LogP contribution is 2.09. The monoisotopic (exact) mass is 363 g/mol. The number of hydrogen-bond acceptors (Lipinski definition) is 4. The van der Waals surface area contributed by atoms with Crippen molar-refractivity contribution in [3.8, 4) is 0 Å². The zero-order valence-electron chi connectivity index (χ0n) is 16.7. The van der Waals surface area contributed by atoms with E-state index in [1.807, 2.05) is 0 Å². The van der Waals surface area contributed by atoms with E-state index < -0.39 is 0 Å². The predicted molar refractivity (Wildman–Crippen MR) is 108 cm³/mol. The average Bonchev–Trinajstić information content (AvgIpc) is 2.95. The van der Waals surface area contributed by atoms with Gasteiger partial charge in [-0.25, -0.2) is 0 Å². The standard InChI is InChI=1S/C19H37N7/c1-3-10-20-19(22-12-16-26-17-23-24-18(26)4-2)21-11-9-15-25-13-7-5-6-8-14-25/h17H,3-16H2,1-2H3,(H2,20,21,22). The van der Waals surface area contributed by atoms with Gasteiger partial charge in [-0.1, -0.05) is 26.7 Å². The van der Waals surface area contributed by atoms with Crippen LogP contribution < -0.4 is 10.6 Å². The number of aromatic nitrogens is 3. The summed E-state index contributed by atoms with van der Waals surface area (Å²) < 4.78 is 2.10. The topological polar surface area (TPSA) is 70.4 Å². The summed E-state index contributed by atoms with van der Waals surface area (Å²) in [5, 5.41) is 15.0. The van der Waals surface area contributed by atoms with E-state index in [1.54, 1.807) is 6.33 Å². The summed E-state index contributed by atoms with van der Waals surface area (Å²) in [7, 11) is 0. The molecule has 0 saturated carbocycles. The molecule has 1 aromatic heterocycles.